The Balaban J connectivity index is 1.57. The number of nitrogens with zero attached hydrogens (tertiary/aromatic N) is 1. The van der Waals surface area contributed by atoms with Gasteiger partial charge in [0.2, 0.25) is 5.91 Å². The predicted octanol–water partition coefficient (Wildman–Crippen LogP) is 1.92. The summed E-state index contributed by atoms with van der Waals surface area (Å²) in [7, 11) is 0. The zero-order valence-corrected chi connectivity index (χ0v) is 12.6. The molecule has 106 valence electrons. The Morgan fingerprint density at radius 2 is 2.32 bits per heavy atom. The maximum absolute atomic E-state index is 11.6. The van der Waals surface area contributed by atoms with Crippen LogP contribution < -0.4 is 10.6 Å². The van der Waals surface area contributed by atoms with Gasteiger partial charge in [0.1, 0.15) is 0 Å². The van der Waals surface area contributed by atoms with Gasteiger partial charge in [0, 0.05) is 24.3 Å². The highest BCUT2D eigenvalue weighted by Crippen LogP contribution is 2.27. The molecule has 0 aromatic carbocycles. The van der Waals surface area contributed by atoms with Crippen molar-refractivity contribution in [3.63, 3.8) is 0 Å². The van der Waals surface area contributed by atoms with E-state index in [-0.39, 0.29) is 5.91 Å². The van der Waals surface area contributed by atoms with E-state index in [0.717, 1.165) is 24.6 Å². The second-order valence-corrected chi connectivity index (χ2v) is 6.40. The molecule has 0 unspecified atom stereocenters. The fourth-order valence-corrected chi connectivity index (χ4v) is 2.68. The molecular weight excluding hydrogens is 258 g/mol. The molecular formula is C14H23N3OS. The first-order valence-electron chi connectivity index (χ1n) is 7.07. The monoisotopic (exact) mass is 281 g/mol. The van der Waals surface area contributed by atoms with Crippen LogP contribution in [0.1, 0.15) is 43.3 Å². The number of carbonyl (C=O) groups excluding carboxylic acids is 1. The zero-order chi connectivity index (χ0) is 13.7. The van der Waals surface area contributed by atoms with Gasteiger partial charge in [-0.3, -0.25) is 4.79 Å². The van der Waals surface area contributed by atoms with Gasteiger partial charge in [-0.15, -0.1) is 11.3 Å². The summed E-state index contributed by atoms with van der Waals surface area (Å²) in [6, 6.07) is 0. The highest BCUT2D eigenvalue weighted by atomic mass is 32.1. The highest BCUT2D eigenvalue weighted by molar-refractivity contribution is 7.09. The average molecular weight is 281 g/mol. The van der Waals surface area contributed by atoms with Gasteiger partial charge in [0.15, 0.2) is 0 Å². The van der Waals surface area contributed by atoms with Crippen molar-refractivity contribution in [2.45, 2.75) is 39.0 Å². The number of aromatic nitrogens is 1. The average Bonchev–Trinajstić information content (AvgIpc) is 3.05. The molecule has 0 aliphatic heterocycles. The van der Waals surface area contributed by atoms with Gasteiger partial charge in [-0.05, 0) is 25.3 Å². The van der Waals surface area contributed by atoms with Crippen molar-refractivity contribution in [2.24, 2.45) is 5.92 Å². The van der Waals surface area contributed by atoms with Crippen molar-refractivity contribution in [2.75, 3.05) is 19.6 Å². The normalized spacial score (nSPS) is 14.9. The molecule has 4 nitrogen and oxygen atoms in total. The standard InChI is InChI=1S/C14H23N3OS/c1-10(2)14-17-12(9-19-14)5-6-16-13(18)8-15-7-11-3-4-11/h9-11,15H,3-8H2,1-2H3,(H,16,18). The fourth-order valence-electron chi connectivity index (χ4n) is 1.81. The minimum absolute atomic E-state index is 0.0833. The first-order chi connectivity index (χ1) is 9.15. The van der Waals surface area contributed by atoms with Gasteiger partial charge >= 0.3 is 0 Å². The van der Waals surface area contributed by atoms with E-state index in [9.17, 15) is 4.79 Å². The lowest BCUT2D eigenvalue weighted by Crippen LogP contribution is -2.35. The Labute approximate surface area is 119 Å². The van der Waals surface area contributed by atoms with E-state index in [1.807, 2.05) is 0 Å². The SMILES string of the molecule is CC(C)c1nc(CCNC(=O)CNCC2CC2)cs1. The summed E-state index contributed by atoms with van der Waals surface area (Å²) in [6.07, 6.45) is 3.45. The Morgan fingerprint density at radius 1 is 1.53 bits per heavy atom. The predicted molar refractivity (Wildman–Crippen MR) is 78.5 cm³/mol. The van der Waals surface area contributed by atoms with Crippen LogP contribution in [0.4, 0.5) is 0 Å². The van der Waals surface area contributed by atoms with Gasteiger partial charge < -0.3 is 10.6 Å². The van der Waals surface area contributed by atoms with E-state index in [1.54, 1.807) is 11.3 Å². The van der Waals surface area contributed by atoms with Crippen molar-refractivity contribution in [3.05, 3.63) is 16.1 Å². The van der Waals surface area contributed by atoms with E-state index in [1.165, 1.54) is 17.8 Å². The third-order valence-electron chi connectivity index (χ3n) is 3.18. The number of amides is 1. The maximum Gasteiger partial charge on any atom is 0.233 e. The van der Waals surface area contributed by atoms with Crippen molar-refractivity contribution in [1.82, 2.24) is 15.6 Å². The molecule has 1 aliphatic rings. The molecule has 0 radical (unpaired) electrons. The number of nitrogens with one attached hydrogen (secondary N) is 2. The number of hydrogen-bond donors (Lipinski definition) is 2. The van der Waals surface area contributed by atoms with Crippen molar-refractivity contribution >= 4 is 17.2 Å². The van der Waals surface area contributed by atoms with E-state index < -0.39 is 0 Å². The Kier molecular flexibility index (Phi) is 5.34. The van der Waals surface area contributed by atoms with Crippen molar-refractivity contribution < 1.29 is 4.79 Å². The molecule has 1 aromatic rings. The summed E-state index contributed by atoms with van der Waals surface area (Å²) >= 11 is 1.70. The summed E-state index contributed by atoms with van der Waals surface area (Å²) in [6.45, 7) is 6.39. The summed E-state index contributed by atoms with van der Waals surface area (Å²) in [5.74, 6) is 1.39. The molecule has 1 aliphatic carbocycles. The maximum atomic E-state index is 11.6. The highest BCUT2D eigenvalue weighted by Gasteiger charge is 2.20. The first kappa shape index (κ1) is 14.5. The second-order valence-electron chi connectivity index (χ2n) is 5.51. The van der Waals surface area contributed by atoms with Crippen LogP contribution in [-0.2, 0) is 11.2 Å². The molecule has 1 saturated carbocycles. The van der Waals surface area contributed by atoms with Gasteiger partial charge in [-0.25, -0.2) is 4.98 Å². The van der Waals surface area contributed by atoms with Crippen LogP contribution in [0.5, 0.6) is 0 Å². The minimum Gasteiger partial charge on any atom is -0.355 e. The largest absolute Gasteiger partial charge is 0.355 e. The van der Waals surface area contributed by atoms with Gasteiger partial charge in [-0.1, -0.05) is 13.8 Å². The lowest BCUT2D eigenvalue weighted by atomic mass is 10.2. The van der Waals surface area contributed by atoms with E-state index in [2.05, 4.69) is 34.8 Å². The summed E-state index contributed by atoms with van der Waals surface area (Å²) in [5, 5.41) is 9.38. The Hall–Kier alpha value is -0.940. The molecule has 2 N–H and O–H groups in total. The van der Waals surface area contributed by atoms with Crippen LogP contribution in [0, 0.1) is 5.92 Å². The topological polar surface area (TPSA) is 54.0 Å². The van der Waals surface area contributed by atoms with Crippen LogP contribution in [0.2, 0.25) is 0 Å². The molecule has 1 heterocycles. The van der Waals surface area contributed by atoms with Crippen LogP contribution in [0.15, 0.2) is 5.38 Å². The smallest absolute Gasteiger partial charge is 0.233 e. The minimum atomic E-state index is 0.0833. The molecule has 0 bridgehead atoms. The first-order valence-corrected chi connectivity index (χ1v) is 7.95. The third kappa shape index (κ3) is 5.28. The van der Waals surface area contributed by atoms with Crippen LogP contribution in [0.3, 0.4) is 0 Å². The summed E-state index contributed by atoms with van der Waals surface area (Å²) in [4.78, 5) is 16.1. The Morgan fingerprint density at radius 3 is 2.95 bits per heavy atom. The quantitative estimate of drug-likeness (QED) is 0.765. The van der Waals surface area contributed by atoms with Crippen molar-refractivity contribution in [1.29, 1.82) is 0 Å². The third-order valence-corrected chi connectivity index (χ3v) is 4.38. The molecule has 2 rings (SSSR count). The number of hydrogen-bond acceptors (Lipinski definition) is 4. The molecule has 5 heteroatoms. The lowest BCUT2D eigenvalue weighted by molar-refractivity contribution is -0.120. The van der Waals surface area contributed by atoms with Gasteiger partial charge in [0.25, 0.3) is 0 Å². The van der Waals surface area contributed by atoms with E-state index in [0.29, 0.717) is 19.0 Å². The van der Waals surface area contributed by atoms with Crippen molar-refractivity contribution in [3.8, 4) is 0 Å². The van der Waals surface area contributed by atoms with E-state index in [4.69, 9.17) is 0 Å². The molecule has 0 saturated heterocycles. The van der Waals surface area contributed by atoms with Gasteiger partial charge in [0.05, 0.1) is 17.2 Å². The molecule has 19 heavy (non-hydrogen) atoms. The molecule has 1 fully saturated rings. The summed E-state index contributed by atoms with van der Waals surface area (Å²) in [5.41, 5.74) is 1.08. The molecule has 1 amide bonds. The second kappa shape index (κ2) is 7.01. The van der Waals surface area contributed by atoms with Crippen LogP contribution in [-0.4, -0.2) is 30.5 Å². The Bertz CT molecular complexity index is 413. The lowest BCUT2D eigenvalue weighted by Gasteiger charge is -2.05. The van der Waals surface area contributed by atoms with Crippen LogP contribution >= 0.6 is 11.3 Å². The molecule has 0 spiro atoms. The zero-order valence-electron chi connectivity index (χ0n) is 11.7. The summed E-state index contributed by atoms with van der Waals surface area (Å²) < 4.78 is 0. The van der Waals surface area contributed by atoms with E-state index >= 15 is 0 Å². The van der Waals surface area contributed by atoms with Crippen LogP contribution in [0.25, 0.3) is 0 Å². The number of rotatable bonds is 8. The molecule has 1 aromatic heterocycles. The number of carbonyl (C=O) groups is 1. The molecule has 0 atom stereocenters. The van der Waals surface area contributed by atoms with Gasteiger partial charge in [-0.2, -0.15) is 0 Å². The number of thiazole rings is 1. The fraction of sp³-hybridized carbons (Fsp3) is 0.714.